The molecule has 3 aromatic rings. The summed E-state index contributed by atoms with van der Waals surface area (Å²) < 4.78 is 33.9. The van der Waals surface area contributed by atoms with E-state index in [0.717, 1.165) is 5.56 Å². The van der Waals surface area contributed by atoms with Crippen molar-refractivity contribution in [2.24, 2.45) is 0 Å². The van der Waals surface area contributed by atoms with Gasteiger partial charge in [-0.2, -0.15) is 0 Å². The van der Waals surface area contributed by atoms with E-state index < -0.39 is 16.0 Å². The number of benzene rings is 3. The summed E-state index contributed by atoms with van der Waals surface area (Å²) in [5, 5.41) is 9.43. The average Bonchev–Trinajstić information content (AvgIpc) is 2.77. The number of sulfonamides is 1. The summed E-state index contributed by atoms with van der Waals surface area (Å²) in [4.78, 5) is 11.2. The SMILES string of the molecule is CCCN(c1ccc(Cl)cc1OCc1ccc(C(=O)O)cc1)S(=O)(=O)c1ccccc1. The van der Waals surface area contributed by atoms with Crippen molar-refractivity contribution in [2.45, 2.75) is 24.8 Å². The lowest BCUT2D eigenvalue weighted by Crippen LogP contribution is -2.32. The Kier molecular flexibility index (Phi) is 7.20. The van der Waals surface area contributed by atoms with Crippen molar-refractivity contribution in [1.29, 1.82) is 0 Å². The van der Waals surface area contributed by atoms with Gasteiger partial charge in [0.1, 0.15) is 12.4 Å². The van der Waals surface area contributed by atoms with E-state index in [4.69, 9.17) is 21.4 Å². The summed E-state index contributed by atoms with van der Waals surface area (Å²) in [6, 6.07) is 19.3. The largest absolute Gasteiger partial charge is 0.487 e. The summed E-state index contributed by atoms with van der Waals surface area (Å²) >= 11 is 6.15. The number of aromatic carboxylic acids is 1. The Bertz CT molecular complexity index is 1150. The molecule has 0 aromatic heterocycles. The van der Waals surface area contributed by atoms with E-state index in [1.165, 1.54) is 16.4 Å². The van der Waals surface area contributed by atoms with Gasteiger partial charge in [-0.15, -0.1) is 0 Å². The van der Waals surface area contributed by atoms with Crippen molar-refractivity contribution < 1.29 is 23.1 Å². The molecule has 0 amide bonds. The van der Waals surface area contributed by atoms with Crippen LogP contribution < -0.4 is 9.04 Å². The molecule has 0 radical (unpaired) electrons. The van der Waals surface area contributed by atoms with Crippen LogP contribution in [0.5, 0.6) is 5.75 Å². The first-order chi connectivity index (χ1) is 14.8. The molecule has 0 aliphatic heterocycles. The smallest absolute Gasteiger partial charge is 0.335 e. The fourth-order valence-electron chi connectivity index (χ4n) is 3.01. The Hall–Kier alpha value is -3.03. The second-order valence-corrected chi connectivity index (χ2v) is 9.09. The van der Waals surface area contributed by atoms with Crippen LogP contribution in [0.1, 0.15) is 29.3 Å². The maximum atomic E-state index is 13.3. The minimum atomic E-state index is -3.80. The molecule has 0 atom stereocenters. The van der Waals surface area contributed by atoms with Crippen molar-refractivity contribution in [3.05, 3.63) is 88.9 Å². The van der Waals surface area contributed by atoms with Gasteiger partial charge in [-0.1, -0.05) is 48.9 Å². The maximum Gasteiger partial charge on any atom is 0.335 e. The minimum Gasteiger partial charge on any atom is -0.487 e. The Morgan fingerprint density at radius 2 is 1.71 bits per heavy atom. The number of carboxylic acid groups (broad SMARTS) is 1. The number of carboxylic acids is 1. The Labute approximate surface area is 186 Å². The molecule has 31 heavy (non-hydrogen) atoms. The van der Waals surface area contributed by atoms with Crippen LogP contribution in [0.3, 0.4) is 0 Å². The highest BCUT2D eigenvalue weighted by atomic mass is 35.5. The van der Waals surface area contributed by atoms with E-state index in [-0.39, 0.29) is 23.6 Å². The summed E-state index contributed by atoms with van der Waals surface area (Å²) in [5.41, 5.74) is 1.30. The number of halogens is 1. The van der Waals surface area contributed by atoms with Crippen LogP contribution in [-0.2, 0) is 16.6 Å². The fraction of sp³-hybridized carbons (Fsp3) is 0.174. The number of carbonyl (C=O) groups is 1. The number of hydrogen-bond donors (Lipinski definition) is 1. The second kappa shape index (κ2) is 9.85. The van der Waals surface area contributed by atoms with Crippen LogP contribution in [0.2, 0.25) is 5.02 Å². The molecule has 0 aliphatic carbocycles. The molecule has 0 saturated carbocycles. The molecule has 162 valence electrons. The topological polar surface area (TPSA) is 83.9 Å². The van der Waals surface area contributed by atoms with Crippen LogP contribution in [0, 0.1) is 0 Å². The molecule has 0 fully saturated rings. The first-order valence-corrected chi connectivity index (χ1v) is 11.5. The van der Waals surface area contributed by atoms with Crippen molar-refractivity contribution in [3.8, 4) is 5.75 Å². The fourth-order valence-corrected chi connectivity index (χ4v) is 4.76. The number of ether oxygens (including phenoxy) is 1. The number of hydrogen-bond acceptors (Lipinski definition) is 4. The molecule has 6 nitrogen and oxygen atoms in total. The molecule has 8 heteroatoms. The lowest BCUT2D eigenvalue weighted by molar-refractivity contribution is 0.0697. The Morgan fingerprint density at radius 1 is 1.03 bits per heavy atom. The number of anilines is 1. The van der Waals surface area contributed by atoms with Gasteiger partial charge in [-0.3, -0.25) is 4.31 Å². The molecular formula is C23H22ClNO5S. The molecule has 0 spiro atoms. The van der Waals surface area contributed by atoms with Gasteiger partial charge in [0.25, 0.3) is 10.0 Å². The predicted molar refractivity (Wildman–Crippen MR) is 120 cm³/mol. The quantitative estimate of drug-likeness (QED) is 0.474. The summed E-state index contributed by atoms with van der Waals surface area (Å²) in [5.74, 6) is -0.686. The van der Waals surface area contributed by atoms with Gasteiger partial charge in [0, 0.05) is 17.6 Å². The van der Waals surface area contributed by atoms with Crippen LogP contribution in [0.15, 0.2) is 77.7 Å². The molecule has 1 N–H and O–H groups in total. The first kappa shape index (κ1) is 22.7. The zero-order valence-corrected chi connectivity index (χ0v) is 18.4. The minimum absolute atomic E-state index is 0.124. The van der Waals surface area contributed by atoms with Gasteiger partial charge in [-0.25, -0.2) is 13.2 Å². The summed E-state index contributed by atoms with van der Waals surface area (Å²) in [6.45, 7) is 2.29. The standard InChI is InChI=1S/C23H22ClNO5S/c1-2-14-25(31(28,29)20-6-4-3-5-7-20)21-13-12-19(24)15-22(21)30-16-17-8-10-18(11-9-17)23(26)27/h3-13,15H,2,14,16H2,1H3,(H,26,27). The summed E-state index contributed by atoms with van der Waals surface area (Å²) in [7, 11) is -3.80. The zero-order chi connectivity index (χ0) is 22.4. The average molecular weight is 460 g/mol. The maximum absolute atomic E-state index is 13.3. The number of nitrogens with zero attached hydrogens (tertiary/aromatic N) is 1. The lowest BCUT2D eigenvalue weighted by atomic mass is 10.1. The van der Waals surface area contributed by atoms with Gasteiger partial charge < -0.3 is 9.84 Å². The van der Waals surface area contributed by atoms with Crippen molar-refractivity contribution >= 4 is 33.3 Å². The van der Waals surface area contributed by atoms with Crippen molar-refractivity contribution in [1.82, 2.24) is 0 Å². The third-order valence-corrected chi connectivity index (χ3v) is 6.61. The third kappa shape index (κ3) is 5.37. The normalized spacial score (nSPS) is 11.2. The third-order valence-electron chi connectivity index (χ3n) is 4.54. The molecule has 3 rings (SSSR count). The monoisotopic (exact) mass is 459 g/mol. The highest BCUT2D eigenvalue weighted by Gasteiger charge is 2.27. The molecule has 0 aliphatic rings. The van der Waals surface area contributed by atoms with E-state index in [1.54, 1.807) is 60.7 Å². The van der Waals surface area contributed by atoms with E-state index in [9.17, 15) is 13.2 Å². The van der Waals surface area contributed by atoms with E-state index >= 15 is 0 Å². The molecule has 0 heterocycles. The molecule has 3 aromatic carbocycles. The number of rotatable bonds is 9. The molecule has 0 saturated heterocycles. The first-order valence-electron chi connectivity index (χ1n) is 9.65. The van der Waals surface area contributed by atoms with Gasteiger partial charge >= 0.3 is 5.97 Å². The van der Waals surface area contributed by atoms with Crippen LogP contribution >= 0.6 is 11.6 Å². The highest BCUT2D eigenvalue weighted by molar-refractivity contribution is 7.92. The molecule has 0 unspecified atom stereocenters. The Morgan fingerprint density at radius 3 is 2.32 bits per heavy atom. The van der Waals surface area contributed by atoms with Gasteiger partial charge in [-0.05, 0) is 48.4 Å². The summed E-state index contributed by atoms with van der Waals surface area (Å²) in [6.07, 6.45) is 0.602. The van der Waals surface area contributed by atoms with Crippen LogP contribution in [-0.4, -0.2) is 26.0 Å². The highest BCUT2D eigenvalue weighted by Crippen LogP contribution is 2.35. The second-order valence-electron chi connectivity index (χ2n) is 6.79. The molecule has 0 bridgehead atoms. The predicted octanol–water partition coefficient (Wildman–Crippen LogP) is 5.22. The van der Waals surface area contributed by atoms with Crippen LogP contribution in [0.25, 0.3) is 0 Å². The Balaban J connectivity index is 1.93. The van der Waals surface area contributed by atoms with E-state index in [0.29, 0.717) is 22.9 Å². The van der Waals surface area contributed by atoms with Crippen LogP contribution in [0.4, 0.5) is 5.69 Å². The van der Waals surface area contributed by atoms with E-state index in [2.05, 4.69) is 0 Å². The lowest BCUT2D eigenvalue weighted by Gasteiger charge is -2.26. The van der Waals surface area contributed by atoms with Crippen molar-refractivity contribution in [2.75, 3.05) is 10.8 Å². The van der Waals surface area contributed by atoms with Gasteiger partial charge in [0.05, 0.1) is 16.1 Å². The van der Waals surface area contributed by atoms with Crippen molar-refractivity contribution in [3.63, 3.8) is 0 Å². The van der Waals surface area contributed by atoms with Gasteiger partial charge in [0.2, 0.25) is 0 Å². The molecular weight excluding hydrogens is 438 g/mol. The van der Waals surface area contributed by atoms with Gasteiger partial charge in [0.15, 0.2) is 0 Å². The zero-order valence-electron chi connectivity index (χ0n) is 16.9. The van der Waals surface area contributed by atoms with E-state index in [1.807, 2.05) is 6.92 Å².